The lowest BCUT2D eigenvalue weighted by atomic mass is 9.88. The average molecular weight is 446 g/mol. The molecular formula is C17H17ClFN3O4S2. The fourth-order valence-corrected chi connectivity index (χ4v) is 5.71. The summed E-state index contributed by atoms with van der Waals surface area (Å²) >= 11 is 6.71. The maximum atomic E-state index is 14.6. The molecule has 11 heteroatoms. The number of aromatic amines is 1. The monoisotopic (exact) mass is 445 g/mol. The zero-order valence-electron chi connectivity index (χ0n) is 15.1. The molecule has 2 aromatic heterocycles. The molecule has 150 valence electrons. The van der Waals surface area contributed by atoms with Crippen molar-refractivity contribution >= 4 is 33.0 Å². The van der Waals surface area contributed by atoms with Crippen LogP contribution in [0.3, 0.4) is 0 Å². The number of H-pyrrole nitrogens is 1. The molecule has 0 unspecified atom stereocenters. The largest absolute Gasteiger partial charge is 0.434 e. The molecule has 0 amide bonds. The molecule has 0 aliphatic rings. The second-order valence-electron chi connectivity index (χ2n) is 6.30. The van der Waals surface area contributed by atoms with Gasteiger partial charge in [-0.05, 0) is 48.7 Å². The van der Waals surface area contributed by atoms with Crippen molar-refractivity contribution < 1.29 is 17.2 Å². The highest BCUT2D eigenvalue weighted by Gasteiger charge is 2.33. The van der Waals surface area contributed by atoms with Gasteiger partial charge < -0.3 is 4.42 Å². The molecule has 0 aliphatic carbocycles. The SMILES string of the molecule is Cc1ccc(F)c([C@@H](C)[C@H](NS(=O)(=O)c2ccc(Cl)s2)c2n[nH]c(=O)o2)c1C. The van der Waals surface area contributed by atoms with Crippen molar-refractivity contribution in [3.8, 4) is 0 Å². The average Bonchev–Trinajstić information content (AvgIpc) is 3.25. The van der Waals surface area contributed by atoms with Crippen LogP contribution in [0.2, 0.25) is 4.34 Å². The number of nitrogens with zero attached hydrogens (tertiary/aromatic N) is 1. The van der Waals surface area contributed by atoms with Crippen LogP contribution in [0.15, 0.2) is 37.7 Å². The van der Waals surface area contributed by atoms with Gasteiger partial charge in [0, 0.05) is 5.92 Å². The molecule has 0 bridgehead atoms. The molecule has 2 N–H and O–H groups in total. The predicted octanol–water partition coefficient (Wildman–Crippen LogP) is 3.66. The summed E-state index contributed by atoms with van der Waals surface area (Å²) in [4.78, 5) is 11.4. The molecule has 7 nitrogen and oxygen atoms in total. The highest BCUT2D eigenvalue weighted by molar-refractivity contribution is 7.91. The van der Waals surface area contributed by atoms with Gasteiger partial charge in [0.2, 0.25) is 5.89 Å². The molecule has 0 saturated carbocycles. The topological polar surface area (TPSA) is 105 Å². The summed E-state index contributed by atoms with van der Waals surface area (Å²) in [6, 6.07) is 4.65. The van der Waals surface area contributed by atoms with Crippen molar-refractivity contribution in [2.24, 2.45) is 0 Å². The maximum absolute atomic E-state index is 14.6. The Balaban J connectivity index is 2.08. The van der Waals surface area contributed by atoms with Crippen LogP contribution in [0, 0.1) is 19.7 Å². The lowest BCUT2D eigenvalue weighted by Gasteiger charge is -2.24. The van der Waals surface area contributed by atoms with Crippen molar-refractivity contribution in [2.75, 3.05) is 0 Å². The molecule has 28 heavy (non-hydrogen) atoms. The second kappa shape index (κ2) is 7.78. The Morgan fingerprint density at radius 2 is 2.00 bits per heavy atom. The van der Waals surface area contributed by atoms with E-state index >= 15 is 0 Å². The first-order valence-corrected chi connectivity index (χ1v) is 10.9. The van der Waals surface area contributed by atoms with Crippen LogP contribution in [0.4, 0.5) is 4.39 Å². The van der Waals surface area contributed by atoms with E-state index < -0.39 is 33.6 Å². The first-order valence-electron chi connectivity index (χ1n) is 8.19. The summed E-state index contributed by atoms with van der Waals surface area (Å²) in [5.74, 6) is -2.25. The highest BCUT2D eigenvalue weighted by atomic mass is 35.5. The highest BCUT2D eigenvalue weighted by Crippen LogP contribution is 2.36. The lowest BCUT2D eigenvalue weighted by molar-refractivity contribution is 0.377. The molecule has 0 saturated heterocycles. The van der Waals surface area contributed by atoms with E-state index in [-0.39, 0.29) is 10.1 Å². The van der Waals surface area contributed by atoms with Crippen molar-refractivity contribution in [1.29, 1.82) is 0 Å². The van der Waals surface area contributed by atoms with E-state index in [4.69, 9.17) is 16.0 Å². The molecule has 0 fully saturated rings. The summed E-state index contributed by atoms with van der Waals surface area (Å²) < 4.78 is 47.9. The Labute approximate surface area is 169 Å². The van der Waals surface area contributed by atoms with Crippen molar-refractivity contribution in [1.82, 2.24) is 14.9 Å². The number of halogens is 2. The summed E-state index contributed by atoms with van der Waals surface area (Å²) in [6.07, 6.45) is 0. The van der Waals surface area contributed by atoms with Gasteiger partial charge in [0.25, 0.3) is 10.0 Å². The zero-order chi connectivity index (χ0) is 20.6. The Kier molecular flexibility index (Phi) is 5.76. The smallest absolute Gasteiger partial charge is 0.391 e. The van der Waals surface area contributed by atoms with Gasteiger partial charge in [-0.1, -0.05) is 24.6 Å². The van der Waals surface area contributed by atoms with Crippen LogP contribution in [-0.4, -0.2) is 18.6 Å². The van der Waals surface area contributed by atoms with Crippen LogP contribution in [-0.2, 0) is 10.0 Å². The standard InChI is InChI=1S/C17H17ClFN3O4S2/c1-8-4-5-11(19)14(9(8)2)10(3)15(16-20-21-17(23)26-16)22-28(24,25)13-7-6-12(18)27-13/h4-7,10,15,22H,1-3H3,(H,21,23)/t10-,15+/m1/s1. The lowest BCUT2D eigenvalue weighted by Crippen LogP contribution is -2.32. The van der Waals surface area contributed by atoms with E-state index in [2.05, 4.69) is 14.9 Å². The number of nitrogens with one attached hydrogen (secondary N) is 2. The third-order valence-corrected chi connectivity index (χ3v) is 7.67. The summed E-state index contributed by atoms with van der Waals surface area (Å²) in [5, 5.41) is 5.86. The summed E-state index contributed by atoms with van der Waals surface area (Å²) in [6.45, 7) is 5.20. The van der Waals surface area contributed by atoms with E-state index in [1.807, 2.05) is 6.92 Å². The quantitative estimate of drug-likeness (QED) is 0.602. The van der Waals surface area contributed by atoms with Gasteiger partial charge in [-0.25, -0.2) is 22.7 Å². The van der Waals surface area contributed by atoms with Crippen LogP contribution in [0.25, 0.3) is 0 Å². The Hall–Kier alpha value is -2.01. The third-order valence-electron chi connectivity index (χ3n) is 4.50. The third kappa shape index (κ3) is 4.04. The zero-order valence-corrected chi connectivity index (χ0v) is 17.5. The Morgan fingerprint density at radius 3 is 2.57 bits per heavy atom. The number of benzene rings is 1. The minimum atomic E-state index is -4.02. The van der Waals surface area contributed by atoms with E-state index in [1.165, 1.54) is 18.2 Å². The van der Waals surface area contributed by atoms with Gasteiger partial charge in [0.1, 0.15) is 16.1 Å². The van der Waals surface area contributed by atoms with E-state index in [9.17, 15) is 17.6 Å². The van der Waals surface area contributed by atoms with Crippen LogP contribution < -0.4 is 10.5 Å². The molecule has 1 aromatic carbocycles. The number of thiophene rings is 1. The summed E-state index contributed by atoms with van der Waals surface area (Å²) in [7, 11) is -4.02. The molecular weight excluding hydrogens is 429 g/mol. The molecule has 0 spiro atoms. The van der Waals surface area contributed by atoms with Gasteiger partial charge in [0.15, 0.2) is 0 Å². The van der Waals surface area contributed by atoms with Gasteiger partial charge in [-0.3, -0.25) is 0 Å². The molecule has 0 radical (unpaired) electrons. The first-order chi connectivity index (χ1) is 13.1. The Morgan fingerprint density at radius 1 is 1.29 bits per heavy atom. The van der Waals surface area contributed by atoms with Crippen molar-refractivity contribution in [3.63, 3.8) is 0 Å². The number of rotatable bonds is 6. The van der Waals surface area contributed by atoms with Gasteiger partial charge in [-0.15, -0.1) is 16.4 Å². The molecule has 0 aliphatic heterocycles. The molecule has 2 heterocycles. The van der Waals surface area contributed by atoms with Crippen LogP contribution >= 0.6 is 22.9 Å². The van der Waals surface area contributed by atoms with E-state index in [1.54, 1.807) is 19.9 Å². The Bertz CT molecular complexity index is 1170. The molecule has 3 aromatic rings. The normalized spacial score (nSPS) is 14.2. The van der Waals surface area contributed by atoms with Gasteiger partial charge >= 0.3 is 5.76 Å². The van der Waals surface area contributed by atoms with Gasteiger partial charge in [-0.2, -0.15) is 4.72 Å². The number of sulfonamides is 1. The number of hydrogen-bond donors (Lipinski definition) is 2. The minimum Gasteiger partial charge on any atom is -0.391 e. The summed E-state index contributed by atoms with van der Waals surface area (Å²) in [5.41, 5.74) is 1.83. The second-order valence-corrected chi connectivity index (χ2v) is 9.96. The number of aryl methyl sites for hydroxylation is 1. The van der Waals surface area contributed by atoms with Crippen molar-refractivity contribution in [3.05, 3.63) is 67.6 Å². The predicted molar refractivity (Wildman–Crippen MR) is 104 cm³/mol. The molecule has 2 atom stereocenters. The van der Waals surface area contributed by atoms with Crippen LogP contribution in [0.1, 0.15) is 41.5 Å². The van der Waals surface area contributed by atoms with Gasteiger partial charge in [0.05, 0.1) is 4.34 Å². The fourth-order valence-electron chi connectivity index (χ4n) is 2.94. The van der Waals surface area contributed by atoms with Crippen LogP contribution in [0.5, 0.6) is 0 Å². The molecule has 3 rings (SSSR count). The minimum absolute atomic E-state index is 0.0194. The van der Waals surface area contributed by atoms with Crippen molar-refractivity contribution in [2.45, 2.75) is 36.9 Å². The number of aromatic nitrogens is 2. The first kappa shape index (κ1) is 20.7. The van der Waals surface area contributed by atoms with E-state index in [0.29, 0.717) is 15.5 Å². The fraction of sp³-hybridized carbons (Fsp3) is 0.294. The maximum Gasteiger partial charge on any atom is 0.434 e. The van der Waals surface area contributed by atoms with E-state index in [0.717, 1.165) is 16.9 Å². The number of hydrogen-bond acceptors (Lipinski definition) is 6.